The third-order valence-electron chi connectivity index (χ3n) is 2.84. The Bertz CT molecular complexity index is 421. The summed E-state index contributed by atoms with van der Waals surface area (Å²) in [5.74, 6) is -0.157. The first-order valence-corrected chi connectivity index (χ1v) is 7.36. The monoisotopic (exact) mass is 287 g/mol. The van der Waals surface area contributed by atoms with Gasteiger partial charge in [-0.3, -0.25) is 4.79 Å². The summed E-state index contributed by atoms with van der Waals surface area (Å²) in [4.78, 5) is 12.1. The van der Waals surface area contributed by atoms with Gasteiger partial charge in [0.15, 0.2) is 0 Å². The predicted molar refractivity (Wildman–Crippen MR) is 77.5 cm³/mol. The van der Waals surface area contributed by atoms with Crippen molar-refractivity contribution in [1.82, 2.24) is 5.32 Å². The molecule has 5 heteroatoms. The smallest absolute Gasteiger partial charge is 0.251 e. The average molecular weight is 288 g/mol. The minimum atomic E-state index is -0.157. The number of carbonyl (C=O) groups is 1. The maximum absolute atomic E-state index is 12.1. The van der Waals surface area contributed by atoms with Crippen LogP contribution in [-0.4, -0.2) is 35.2 Å². The molecule has 0 spiro atoms. The molecule has 1 amide bonds. The van der Waals surface area contributed by atoms with E-state index in [0.29, 0.717) is 10.6 Å². The molecule has 18 heavy (non-hydrogen) atoms. The summed E-state index contributed by atoms with van der Waals surface area (Å²) in [5, 5.41) is 12.6. The van der Waals surface area contributed by atoms with Crippen molar-refractivity contribution in [1.29, 1.82) is 0 Å². The van der Waals surface area contributed by atoms with Crippen LogP contribution in [0.25, 0.3) is 0 Å². The van der Waals surface area contributed by atoms with Crippen LogP contribution < -0.4 is 5.32 Å². The van der Waals surface area contributed by atoms with E-state index in [-0.39, 0.29) is 23.8 Å². The zero-order valence-corrected chi connectivity index (χ0v) is 12.3. The lowest BCUT2D eigenvalue weighted by Gasteiger charge is -2.21. The van der Waals surface area contributed by atoms with Crippen LogP contribution in [-0.2, 0) is 0 Å². The van der Waals surface area contributed by atoms with E-state index in [9.17, 15) is 9.90 Å². The highest BCUT2D eigenvalue weighted by Crippen LogP contribution is 2.16. The van der Waals surface area contributed by atoms with Crippen LogP contribution in [0.5, 0.6) is 0 Å². The number of thioether (sulfide) groups is 1. The van der Waals surface area contributed by atoms with E-state index < -0.39 is 0 Å². The Morgan fingerprint density at radius 3 is 2.78 bits per heavy atom. The van der Waals surface area contributed by atoms with Crippen LogP contribution >= 0.6 is 23.4 Å². The second kappa shape index (κ2) is 7.02. The topological polar surface area (TPSA) is 49.3 Å². The molecule has 100 valence electrons. The number of hydrogen-bond donors (Lipinski definition) is 2. The lowest BCUT2D eigenvalue weighted by molar-refractivity contribution is 0.0935. The summed E-state index contributed by atoms with van der Waals surface area (Å²) in [5.41, 5.74) is 1.46. The first kappa shape index (κ1) is 15.3. The summed E-state index contributed by atoms with van der Waals surface area (Å²) in [6.45, 7) is 3.79. The molecule has 3 nitrogen and oxygen atoms in total. The Labute approximate surface area is 117 Å². The van der Waals surface area contributed by atoms with Crippen molar-refractivity contribution in [2.75, 3.05) is 12.9 Å². The van der Waals surface area contributed by atoms with Crippen LogP contribution in [0.1, 0.15) is 22.8 Å². The standard InChI is InChI=1S/C13H18ClNO2S/c1-8-4-5-10(14)6-11(8)13(17)15-9(2)12(7-16)18-3/h4-6,9,12,16H,7H2,1-3H3,(H,15,17). The van der Waals surface area contributed by atoms with Crippen LogP contribution in [0, 0.1) is 6.92 Å². The lowest BCUT2D eigenvalue weighted by atomic mass is 10.1. The quantitative estimate of drug-likeness (QED) is 0.875. The molecule has 1 rings (SSSR count). The number of aliphatic hydroxyl groups is 1. The molecule has 0 saturated heterocycles. The van der Waals surface area contributed by atoms with Gasteiger partial charge in [0.1, 0.15) is 0 Å². The van der Waals surface area contributed by atoms with Gasteiger partial charge in [0.2, 0.25) is 0 Å². The molecule has 1 aromatic carbocycles. The van der Waals surface area contributed by atoms with Gasteiger partial charge in [-0.2, -0.15) is 11.8 Å². The zero-order valence-electron chi connectivity index (χ0n) is 10.7. The largest absolute Gasteiger partial charge is 0.395 e. The Morgan fingerprint density at radius 1 is 1.56 bits per heavy atom. The van der Waals surface area contributed by atoms with E-state index in [4.69, 9.17) is 11.6 Å². The minimum absolute atomic E-state index is 0.00607. The van der Waals surface area contributed by atoms with E-state index in [1.54, 1.807) is 12.1 Å². The Hall–Kier alpha value is -0.710. The first-order valence-electron chi connectivity index (χ1n) is 5.70. The average Bonchev–Trinajstić information content (AvgIpc) is 2.33. The maximum atomic E-state index is 12.1. The first-order chi connectivity index (χ1) is 8.49. The number of nitrogens with one attached hydrogen (secondary N) is 1. The highest BCUT2D eigenvalue weighted by atomic mass is 35.5. The summed E-state index contributed by atoms with van der Waals surface area (Å²) in [6, 6.07) is 5.14. The third-order valence-corrected chi connectivity index (χ3v) is 4.24. The Balaban J connectivity index is 2.79. The van der Waals surface area contributed by atoms with Crippen molar-refractivity contribution in [2.24, 2.45) is 0 Å². The van der Waals surface area contributed by atoms with Crippen molar-refractivity contribution in [2.45, 2.75) is 25.1 Å². The van der Waals surface area contributed by atoms with Gasteiger partial charge in [-0.05, 0) is 37.8 Å². The van der Waals surface area contributed by atoms with Crippen molar-refractivity contribution >= 4 is 29.3 Å². The van der Waals surface area contributed by atoms with Crippen LogP contribution in [0.4, 0.5) is 0 Å². The number of carbonyl (C=O) groups excluding carboxylic acids is 1. The molecule has 2 unspecified atom stereocenters. The van der Waals surface area contributed by atoms with Crippen molar-refractivity contribution in [3.05, 3.63) is 34.3 Å². The van der Waals surface area contributed by atoms with Crippen LogP contribution in [0.15, 0.2) is 18.2 Å². The lowest BCUT2D eigenvalue weighted by Crippen LogP contribution is -2.41. The molecule has 0 fully saturated rings. The Morgan fingerprint density at radius 2 is 2.22 bits per heavy atom. The van der Waals surface area contributed by atoms with Gasteiger partial charge in [-0.1, -0.05) is 17.7 Å². The summed E-state index contributed by atoms with van der Waals surface area (Å²) >= 11 is 7.42. The van der Waals surface area contributed by atoms with Crippen LogP contribution in [0.2, 0.25) is 5.02 Å². The number of halogens is 1. The number of aryl methyl sites for hydroxylation is 1. The number of aliphatic hydroxyl groups excluding tert-OH is 1. The molecule has 0 bridgehead atoms. The molecule has 0 aliphatic rings. The molecule has 0 radical (unpaired) electrons. The van der Waals surface area contributed by atoms with Crippen molar-refractivity contribution < 1.29 is 9.90 Å². The second-order valence-electron chi connectivity index (χ2n) is 4.18. The number of rotatable bonds is 5. The fraction of sp³-hybridized carbons (Fsp3) is 0.462. The van der Waals surface area contributed by atoms with E-state index in [0.717, 1.165) is 5.56 Å². The van der Waals surface area contributed by atoms with Gasteiger partial charge in [0, 0.05) is 21.9 Å². The minimum Gasteiger partial charge on any atom is -0.395 e. The number of amides is 1. The molecular formula is C13H18ClNO2S. The fourth-order valence-electron chi connectivity index (χ4n) is 1.65. The second-order valence-corrected chi connectivity index (χ2v) is 5.69. The fourth-order valence-corrected chi connectivity index (χ4v) is 2.45. The summed E-state index contributed by atoms with van der Waals surface area (Å²) in [7, 11) is 0. The Kier molecular flexibility index (Phi) is 5.99. The van der Waals surface area contributed by atoms with E-state index in [1.807, 2.05) is 26.2 Å². The number of hydrogen-bond acceptors (Lipinski definition) is 3. The van der Waals surface area contributed by atoms with Gasteiger partial charge < -0.3 is 10.4 Å². The van der Waals surface area contributed by atoms with Gasteiger partial charge in [-0.15, -0.1) is 0 Å². The van der Waals surface area contributed by atoms with E-state index in [1.165, 1.54) is 11.8 Å². The molecule has 0 aromatic heterocycles. The highest BCUT2D eigenvalue weighted by molar-refractivity contribution is 7.99. The predicted octanol–water partition coefficient (Wildman–Crippen LogP) is 2.49. The summed E-state index contributed by atoms with van der Waals surface area (Å²) < 4.78 is 0. The molecule has 0 heterocycles. The normalized spacial score (nSPS) is 14.1. The molecule has 0 aliphatic heterocycles. The highest BCUT2D eigenvalue weighted by Gasteiger charge is 2.19. The van der Waals surface area contributed by atoms with Gasteiger partial charge >= 0.3 is 0 Å². The SMILES string of the molecule is CSC(CO)C(C)NC(=O)c1cc(Cl)ccc1C. The maximum Gasteiger partial charge on any atom is 0.251 e. The van der Waals surface area contributed by atoms with E-state index >= 15 is 0 Å². The van der Waals surface area contributed by atoms with Gasteiger partial charge in [-0.25, -0.2) is 0 Å². The molecule has 1 aromatic rings. The van der Waals surface area contributed by atoms with Gasteiger partial charge in [0.05, 0.1) is 6.61 Å². The zero-order chi connectivity index (χ0) is 13.7. The third kappa shape index (κ3) is 3.90. The van der Waals surface area contributed by atoms with Crippen molar-refractivity contribution in [3.63, 3.8) is 0 Å². The number of benzene rings is 1. The molecule has 2 atom stereocenters. The molecule has 2 N–H and O–H groups in total. The van der Waals surface area contributed by atoms with Crippen LogP contribution in [0.3, 0.4) is 0 Å². The van der Waals surface area contributed by atoms with E-state index in [2.05, 4.69) is 5.32 Å². The molecule has 0 saturated carbocycles. The summed E-state index contributed by atoms with van der Waals surface area (Å²) in [6.07, 6.45) is 1.91. The molecular weight excluding hydrogens is 270 g/mol. The van der Waals surface area contributed by atoms with Crippen molar-refractivity contribution in [3.8, 4) is 0 Å². The van der Waals surface area contributed by atoms with Gasteiger partial charge in [0.25, 0.3) is 5.91 Å². The molecule has 0 aliphatic carbocycles.